The molecule has 1 amide bonds. The molecule has 2 aromatic rings. The summed E-state index contributed by atoms with van der Waals surface area (Å²) in [5, 5.41) is 0.296. The quantitative estimate of drug-likeness (QED) is 0.480. The molecule has 0 radical (unpaired) electrons. The molecule has 25 heavy (non-hydrogen) atoms. The summed E-state index contributed by atoms with van der Waals surface area (Å²) in [6.45, 7) is 0.664. The molecule has 0 bridgehead atoms. The lowest BCUT2D eigenvalue weighted by molar-refractivity contribution is 0.0861. The third kappa shape index (κ3) is 3.38. The number of hydrogen-bond acceptors (Lipinski definition) is 6. The maximum Gasteiger partial charge on any atom is 0.283 e. The predicted molar refractivity (Wildman–Crippen MR) is 91.4 cm³/mol. The average molecular weight is 403 g/mol. The molecule has 10 heteroatoms. The lowest BCUT2D eigenvalue weighted by atomic mass is 10.2. The zero-order valence-corrected chi connectivity index (χ0v) is 14.9. The molecule has 0 aliphatic carbocycles. The van der Waals surface area contributed by atoms with Gasteiger partial charge < -0.3 is 9.47 Å². The first-order valence-electron chi connectivity index (χ1n) is 7.00. The number of ether oxygens (including phenoxy) is 2. The molecular weight excluding hydrogens is 391 g/mol. The molecule has 0 aromatic heterocycles. The molecule has 0 saturated carbocycles. The van der Waals surface area contributed by atoms with E-state index in [2.05, 4.69) is 0 Å². The molecular formula is C15H12Cl2N2O5S. The van der Waals surface area contributed by atoms with Gasteiger partial charge in [-0.15, -0.1) is 0 Å². The number of nitrogens with two attached hydrogens (primary N) is 1. The number of benzene rings is 2. The van der Waals surface area contributed by atoms with Crippen LogP contribution in [0.5, 0.6) is 11.5 Å². The molecule has 0 atom stereocenters. The number of carbonyl (C=O) groups is 1. The van der Waals surface area contributed by atoms with Crippen molar-refractivity contribution in [3.63, 3.8) is 0 Å². The monoisotopic (exact) mass is 402 g/mol. The average Bonchev–Trinajstić information content (AvgIpc) is 2.60. The van der Waals surface area contributed by atoms with Crippen LogP contribution >= 0.6 is 23.2 Å². The zero-order chi connectivity index (χ0) is 18.2. The maximum absolute atomic E-state index is 12.6. The standard InChI is InChI=1S/C15H12Cl2N2O5S/c16-9-1-3-11(12(17)7-9)15(20)19(18)25(21,22)10-2-4-13-14(8-10)24-6-5-23-13/h1-4,7-8H,5-6,18H2. The summed E-state index contributed by atoms with van der Waals surface area (Å²) in [4.78, 5) is 12.2. The van der Waals surface area contributed by atoms with E-state index in [1.165, 1.54) is 36.4 Å². The first kappa shape index (κ1) is 17.8. The number of rotatable bonds is 3. The molecule has 1 aliphatic rings. The van der Waals surface area contributed by atoms with E-state index in [4.69, 9.17) is 38.5 Å². The van der Waals surface area contributed by atoms with E-state index in [-0.39, 0.29) is 25.6 Å². The van der Waals surface area contributed by atoms with E-state index < -0.39 is 15.9 Å². The Hall–Kier alpha value is -2.00. The van der Waals surface area contributed by atoms with Crippen LogP contribution in [0, 0.1) is 0 Å². The minimum atomic E-state index is -4.31. The van der Waals surface area contributed by atoms with E-state index in [1.54, 1.807) is 0 Å². The fourth-order valence-electron chi connectivity index (χ4n) is 2.19. The molecule has 2 aromatic carbocycles. The Morgan fingerprint density at radius 1 is 1.04 bits per heavy atom. The second kappa shape index (κ2) is 6.72. The second-order valence-corrected chi connectivity index (χ2v) is 7.69. The number of amides is 1. The van der Waals surface area contributed by atoms with Crippen molar-refractivity contribution in [3.8, 4) is 11.5 Å². The smallest absolute Gasteiger partial charge is 0.283 e. The van der Waals surface area contributed by atoms with Gasteiger partial charge in [0.05, 0.1) is 15.5 Å². The van der Waals surface area contributed by atoms with Crippen LogP contribution in [-0.2, 0) is 10.0 Å². The van der Waals surface area contributed by atoms with Gasteiger partial charge in [-0.3, -0.25) is 4.79 Å². The van der Waals surface area contributed by atoms with Crippen molar-refractivity contribution in [2.45, 2.75) is 4.90 Å². The summed E-state index contributed by atoms with van der Waals surface area (Å²) < 4.78 is 36.1. The van der Waals surface area contributed by atoms with Crippen molar-refractivity contribution in [2.75, 3.05) is 13.2 Å². The highest BCUT2D eigenvalue weighted by atomic mass is 35.5. The van der Waals surface area contributed by atoms with Crippen LogP contribution in [-0.4, -0.2) is 32.0 Å². The van der Waals surface area contributed by atoms with Gasteiger partial charge in [0.15, 0.2) is 11.5 Å². The minimum Gasteiger partial charge on any atom is -0.486 e. The Kier molecular flexibility index (Phi) is 4.79. The second-order valence-electron chi connectivity index (χ2n) is 5.04. The fourth-order valence-corrected chi connectivity index (χ4v) is 3.72. The van der Waals surface area contributed by atoms with E-state index >= 15 is 0 Å². The normalized spacial score (nSPS) is 13.4. The Bertz CT molecular complexity index is 949. The first-order valence-corrected chi connectivity index (χ1v) is 9.19. The summed E-state index contributed by atoms with van der Waals surface area (Å²) in [7, 11) is -4.31. The lowest BCUT2D eigenvalue weighted by Gasteiger charge is -2.21. The van der Waals surface area contributed by atoms with Gasteiger partial charge in [0.1, 0.15) is 13.2 Å². The van der Waals surface area contributed by atoms with Gasteiger partial charge >= 0.3 is 0 Å². The molecule has 3 rings (SSSR count). The van der Waals surface area contributed by atoms with Gasteiger partial charge in [-0.05, 0) is 30.3 Å². The third-order valence-electron chi connectivity index (χ3n) is 3.43. The summed E-state index contributed by atoms with van der Waals surface area (Å²) in [5.41, 5.74) is -0.0883. The highest BCUT2D eigenvalue weighted by Gasteiger charge is 2.30. The molecule has 0 spiro atoms. The zero-order valence-electron chi connectivity index (χ0n) is 12.6. The van der Waals surface area contributed by atoms with Gasteiger partial charge in [-0.1, -0.05) is 23.2 Å². The third-order valence-corrected chi connectivity index (χ3v) is 5.51. The highest BCUT2D eigenvalue weighted by Crippen LogP contribution is 2.33. The van der Waals surface area contributed by atoms with Crippen molar-refractivity contribution >= 4 is 39.1 Å². The largest absolute Gasteiger partial charge is 0.486 e. The molecule has 7 nitrogen and oxygen atoms in total. The molecule has 0 unspecified atom stereocenters. The predicted octanol–water partition coefficient (Wildman–Crippen LogP) is 2.47. The van der Waals surface area contributed by atoms with Gasteiger partial charge in [0.25, 0.3) is 15.9 Å². The number of hydrazine groups is 1. The number of fused-ring (bicyclic) bond motifs is 1. The van der Waals surface area contributed by atoms with Crippen molar-refractivity contribution in [1.29, 1.82) is 0 Å². The molecule has 132 valence electrons. The van der Waals surface area contributed by atoms with Crippen LogP contribution in [0.3, 0.4) is 0 Å². The van der Waals surface area contributed by atoms with Gasteiger partial charge in [-0.2, -0.15) is 12.8 Å². The fraction of sp³-hybridized carbons (Fsp3) is 0.133. The Morgan fingerprint density at radius 3 is 2.40 bits per heavy atom. The van der Waals surface area contributed by atoms with Crippen molar-refractivity contribution in [3.05, 3.63) is 52.0 Å². The highest BCUT2D eigenvalue weighted by molar-refractivity contribution is 7.89. The Morgan fingerprint density at radius 2 is 1.72 bits per heavy atom. The molecule has 1 heterocycles. The van der Waals surface area contributed by atoms with Gasteiger partial charge in [0.2, 0.25) is 0 Å². The molecule has 2 N–H and O–H groups in total. The topological polar surface area (TPSA) is 98.9 Å². The van der Waals surface area contributed by atoms with Crippen LogP contribution < -0.4 is 15.3 Å². The number of sulfonamides is 1. The van der Waals surface area contributed by atoms with E-state index in [0.29, 0.717) is 24.0 Å². The number of halogens is 2. The van der Waals surface area contributed by atoms with E-state index in [1.807, 2.05) is 0 Å². The van der Waals surface area contributed by atoms with Gasteiger partial charge in [-0.25, -0.2) is 5.84 Å². The summed E-state index contributed by atoms with van der Waals surface area (Å²) in [5.74, 6) is 5.26. The first-order chi connectivity index (χ1) is 11.8. The minimum absolute atomic E-state index is 0.00896. The molecule has 0 fully saturated rings. The van der Waals surface area contributed by atoms with Crippen LogP contribution in [0.2, 0.25) is 10.0 Å². The molecule has 1 aliphatic heterocycles. The van der Waals surface area contributed by atoms with Crippen molar-refractivity contribution in [2.24, 2.45) is 5.84 Å². The lowest BCUT2D eigenvalue weighted by Crippen LogP contribution is -2.42. The number of hydrogen-bond donors (Lipinski definition) is 1. The summed E-state index contributed by atoms with van der Waals surface area (Å²) in [6, 6.07) is 7.99. The van der Waals surface area contributed by atoms with Crippen molar-refractivity contribution in [1.82, 2.24) is 4.41 Å². The van der Waals surface area contributed by atoms with Crippen molar-refractivity contribution < 1.29 is 22.7 Å². The van der Waals surface area contributed by atoms with Crippen LogP contribution in [0.4, 0.5) is 0 Å². The maximum atomic E-state index is 12.6. The van der Waals surface area contributed by atoms with Crippen LogP contribution in [0.25, 0.3) is 0 Å². The van der Waals surface area contributed by atoms with Crippen LogP contribution in [0.1, 0.15) is 10.4 Å². The number of carbonyl (C=O) groups excluding carboxylic acids is 1. The van der Waals surface area contributed by atoms with Gasteiger partial charge in [0, 0.05) is 11.1 Å². The summed E-state index contributed by atoms with van der Waals surface area (Å²) in [6.07, 6.45) is 0. The molecule has 0 saturated heterocycles. The Balaban J connectivity index is 1.95. The Labute approximate surface area is 153 Å². The number of nitrogens with zero attached hydrogens (tertiary/aromatic N) is 1. The summed E-state index contributed by atoms with van der Waals surface area (Å²) >= 11 is 11.7. The SMILES string of the molecule is NN(C(=O)c1ccc(Cl)cc1Cl)S(=O)(=O)c1ccc2c(c1)OCCO2. The van der Waals surface area contributed by atoms with E-state index in [9.17, 15) is 13.2 Å². The van der Waals surface area contributed by atoms with E-state index in [0.717, 1.165) is 0 Å². The van der Waals surface area contributed by atoms with Crippen LogP contribution in [0.15, 0.2) is 41.3 Å².